The molecule has 3 rings (SSSR count). The van der Waals surface area contributed by atoms with Crippen LogP contribution in [0.5, 0.6) is 11.5 Å². The highest BCUT2D eigenvalue weighted by molar-refractivity contribution is 5.99. The second-order valence-corrected chi connectivity index (χ2v) is 6.22. The second kappa shape index (κ2) is 5.22. The third-order valence-electron chi connectivity index (χ3n) is 4.95. The summed E-state index contributed by atoms with van der Waals surface area (Å²) in [7, 11) is 0. The summed E-state index contributed by atoms with van der Waals surface area (Å²) in [4.78, 5) is 14.2. The zero-order valence-electron chi connectivity index (χ0n) is 12.0. The third-order valence-corrected chi connectivity index (χ3v) is 4.95. The average molecular weight is 291 g/mol. The number of amides is 1. The molecule has 2 fully saturated rings. The molecule has 114 valence electrons. The first-order chi connectivity index (χ1) is 10.0. The van der Waals surface area contributed by atoms with E-state index >= 15 is 0 Å². The van der Waals surface area contributed by atoms with Crippen LogP contribution in [0.1, 0.15) is 42.5 Å². The van der Waals surface area contributed by atoms with Crippen LogP contribution < -0.4 is 0 Å². The molecule has 1 amide bonds. The maximum atomic E-state index is 12.5. The van der Waals surface area contributed by atoms with E-state index in [1.54, 1.807) is 4.90 Å². The minimum absolute atomic E-state index is 0.0428. The lowest BCUT2D eigenvalue weighted by Crippen LogP contribution is -2.54. The number of benzene rings is 1. The summed E-state index contributed by atoms with van der Waals surface area (Å²) in [6.07, 6.45) is 4.42. The summed E-state index contributed by atoms with van der Waals surface area (Å²) in [6, 6.07) is 4.29. The van der Waals surface area contributed by atoms with E-state index in [2.05, 4.69) is 0 Å². The molecule has 3 N–H and O–H groups in total. The first-order valence-electron chi connectivity index (χ1n) is 7.54. The number of hydrogen-bond donors (Lipinski definition) is 3. The van der Waals surface area contributed by atoms with Gasteiger partial charge in [0.1, 0.15) is 17.1 Å². The van der Waals surface area contributed by atoms with Crippen molar-refractivity contribution < 1.29 is 20.1 Å². The van der Waals surface area contributed by atoms with Gasteiger partial charge in [0.2, 0.25) is 0 Å². The normalized spacial score (nSPS) is 29.0. The number of aromatic hydroxyl groups is 2. The molecule has 1 saturated carbocycles. The Morgan fingerprint density at radius 1 is 1.19 bits per heavy atom. The summed E-state index contributed by atoms with van der Waals surface area (Å²) in [5.74, 6) is -0.677. The molecule has 0 aromatic heterocycles. The average Bonchev–Trinajstić information content (AvgIpc) is 2.46. The van der Waals surface area contributed by atoms with Gasteiger partial charge in [0.15, 0.2) is 0 Å². The fourth-order valence-electron chi connectivity index (χ4n) is 3.66. The van der Waals surface area contributed by atoms with Crippen molar-refractivity contribution in [1.82, 2.24) is 4.90 Å². The van der Waals surface area contributed by atoms with Crippen molar-refractivity contribution in [2.24, 2.45) is 5.92 Å². The summed E-state index contributed by atoms with van der Waals surface area (Å²) in [5.41, 5.74) is -0.686. The van der Waals surface area contributed by atoms with Gasteiger partial charge in [-0.15, -0.1) is 0 Å². The fourth-order valence-corrected chi connectivity index (χ4v) is 3.66. The van der Waals surface area contributed by atoms with Gasteiger partial charge in [0.25, 0.3) is 5.91 Å². The largest absolute Gasteiger partial charge is 0.507 e. The molecule has 2 atom stereocenters. The van der Waals surface area contributed by atoms with Gasteiger partial charge in [-0.2, -0.15) is 0 Å². The first-order valence-corrected chi connectivity index (χ1v) is 7.54. The number of fused-ring (bicyclic) bond motifs is 1. The molecule has 5 heteroatoms. The van der Waals surface area contributed by atoms with Crippen molar-refractivity contribution in [2.75, 3.05) is 13.1 Å². The van der Waals surface area contributed by atoms with Gasteiger partial charge in [0.05, 0.1) is 5.60 Å². The Labute approximate surface area is 123 Å². The Morgan fingerprint density at radius 2 is 1.90 bits per heavy atom. The lowest BCUT2D eigenvalue weighted by atomic mass is 9.71. The number of rotatable bonds is 1. The number of carbonyl (C=O) groups excluding carboxylic acids is 1. The van der Waals surface area contributed by atoms with Crippen LogP contribution in [0.4, 0.5) is 0 Å². The quantitative estimate of drug-likeness (QED) is 0.738. The van der Waals surface area contributed by atoms with Crippen molar-refractivity contribution >= 4 is 5.91 Å². The maximum absolute atomic E-state index is 12.5. The van der Waals surface area contributed by atoms with Gasteiger partial charge < -0.3 is 20.2 Å². The Bertz CT molecular complexity index is 539. The Kier molecular flexibility index (Phi) is 3.53. The van der Waals surface area contributed by atoms with Crippen molar-refractivity contribution in [1.29, 1.82) is 0 Å². The lowest BCUT2D eigenvalue weighted by molar-refractivity contribution is -0.0886. The van der Waals surface area contributed by atoms with E-state index in [9.17, 15) is 20.1 Å². The molecule has 1 aliphatic carbocycles. The predicted molar refractivity (Wildman–Crippen MR) is 77.2 cm³/mol. The zero-order chi connectivity index (χ0) is 15.0. The number of phenols is 2. The van der Waals surface area contributed by atoms with Crippen molar-refractivity contribution in [3.05, 3.63) is 23.8 Å². The van der Waals surface area contributed by atoms with E-state index in [0.29, 0.717) is 19.5 Å². The maximum Gasteiger partial charge on any atom is 0.261 e. The predicted octanol–water partition coefficient (Wildman–Crippen LogP) is 1.86. The Morgan fingerprint density at radius 3 is 2.62 bits per heavy atom. The molecule has 1 aliphatic heterocycles. The van der Waals surface area contributed by atoms with Gasteiger partial charge in [-0.25, -0.2) is 0 Å². The molecular weight excluding hydrogens is 270 g/mol. The SMILES string of the molecule is O=C(c1c(O)cccc1O)N1CCC2(O)CCCCC2C1. The summed E-state index contributed by atoms with van der Waals surface area (Å²) in [5, 5.41) is 30.3. The zero-order valence-corrected chi connectivity index (χ0v) is 12.0. The Balaban J connectivity index is 1.81. The molecule has 0 spiro atoms. The number of carbonyl (C=O) groups is 1. The van der Waals surface area contributed by atoms with Crippen molar-refractivity contribution in [2.45, 2.75) is 37.7 Å². The molecule has 0 bridgehead atoms. The summed E-state index contributed by atoms with van der Waals surface area (Å²) in [6.45, 7) is 0.947. The highest BCUT2D eigenvalue weighted by Gasteiger charge is 2.44. The van der Waals surface area contributed by atoms with Crippen molar-refractivity contribution in [3.8, 4) is 11.5 Å². The first kappa shape index (κ1) is 14.2. The minimum atomic E-state index is -0.643. The molecule has 0 radical (unpaired) electrons. The van der Waals surface area contributed by atoms with Gasteiger partial charge >= 0.3 is 0 Å². The van der Waals surface area contributed by atoms with E-state index in [1.165, 1.54) is 18.2 Å². The monoisotopic (exact) mass is 291 g/mol. The molecule has 1 heterocycles. The molecule has 1 aromatic rings. The third kappa shape index (κ3) is 2.46. The highest BCUT2D eigenvalue weighted by atomic mass is 16.3. The summed E-state index contributed by atoms with van der Waals surface area (Å²) >= 11 is 0. The molecule has 21 heavy (non-hydrogen) atoms. The smallest absolute Gasteiger partial charge is 0.261 e. The van der Waals surface area contributed by atoms with Crippen LogP contribution in [-0.2, 0) is 0 Å². The van der Waals surface area contributed by atoms with Crippen LogP contribution in [0.2, 0.25) is 0 Å². The van der Waals surface area contributed by atoms with Gasteiger partial charge in [-0.1, -0.05) is 18.9 Å². The van der Waals surface area contributed by atoms with E-state index in [0.717, 1.165) is 25.7 Å². The lowest BCUT2D eigenvalue weighted by Gasteiger charge is -2.47. The van der Waals surface area contributed by atoms with Gasteiger partial charge in [-0.3, -0.25) is 4.79 Å². The van der Waals surface area contributed by atoms with Gasteiger partial charge in [0, 0.05) is 19.0 Å². The molecule has 2 unspecified atom stereocenters. The number of phenolic OH excluding ortho intramolecular Hbond substituents is 2. The molecule has 1 aromatic carbocycles. The number of aliphatic hydroxyl groups is 1. The number of nitrogens with zero attached hydrogens (tertiary/aromatic N) is 1. The minimum Gasteiger partial charge on any atom is -0.507 e. The fraction of sp³-hybridized carbons (Fsp3) is 0.562. The van der Waals surface area contributed by atoms with Crippen LogP contribution >= 0.6 is 0 Å². The molecule has 2 aliphatic rings. The topological polar surface area (TPSA) is 81.0 Å². The standard InChI is InChI=1S/C16H21NO4/c18-12-5-3-6-13(19)14(12)15(20)17-9-8-16(21)7-2-1-4-11(16)10-17/h3,5-6,11,18-19,21H,1-2,4,7-10H2. The van der Waals surface area contributed by atoms with Crippen LogP contribution in [-0.4, -0.2) is 44.8 Å². The van der Waals surface area contributed by atoms with E-state index < -0.39 is 5.60 Å². The van der Waals surface area contributed by atoms with E-state index in [-0.39, 0.29) is 28.9 Å². The highest BCUT2D eigenvalue weighted by Crippen LogP contribution is 2.40. The van der Waals surface area contributed by atoms with Crippen LogP contribution in [0, 0.1) is 5.92 Å². The molecule has 1 saturated heterocycles. The molecule has 5 nitrogen and oxygen atoms in total. The summed E-state index contributed by atoms with van der Waals surface area (Å²) < 4.78 is 0. The van der Waals surface area contributed by atoms with Crippen molar-refractivity contribution in [3.63, 3.8) is 0 Å². The second-order valence-electron chi connectivity index (χ2n) is 6.22. The van der Waals surface area contributed by atoms with Crippen LogP contribution in [0.3, 0.4) is 0 Å². The number of likely N-dealkylation sites (tertiary alicyclic amines) is 1. The van der Waals surface area contributed by atoms with E-state index in [4.69, 9.17) is 0 Å². The van der Waals surface area contributed by atoms with Crippen LogP contribution in [0.25, 0.3) is 0 Å². The number of piperidine rings is 1. The Hall–Kier alpha value is -1.75. The molecular formula is C16H21NO4. The number of hydrogen-bond acceptors (Lipinski definition) is 4. The van der Waals surface area contributed by atoms with Crippen LogP contribution in [0.15, 0.2) is 18.2 Å². The van der Waals surface area contributed by atoms with E-state index in [1.807, 2.05) is 0 Å². The van der Waals surface area contributed by atoms with Gasteiger partial charge in [-0.05, 0) is 31.4 Å².